The zero-order chi connectivity index (χ0) is 16.2. The van der Waals surface area contributed by atoms with Crippen LogP contribution in [0.15, 0.2) is 29.6 Å². The number of benzene rings is 1. The maximum Gasteiger partial charge on any atom is 0.113 e. The smallest absolute Gasteiger partial charge is 0.113 e. The molecule has 0 saturated heterocycles. The maximum atomic E-state index is 10.3. The Morgan fingerprint density at radius 2 is 2.09 bits per heavy atom. The summed E-state index contributed by atoms with van der Waals surface area (Å²) >= 11 is 1.64. The first-order chi connectivity index (χ1) is 10.5. The Hall–Kier alpha value is -1.74. The second kappa shape index (κ2) is 7.01. The van der Waals surface area contributed by atoms with Crippen molar-refractivity contribution in [3.05, 3.63) is 51.5 Å². The lowest BCUT2D eigenvalue weighted by atomic mass is 9.98. The fourth-order valence-corrected chi connectivity index (χ4v) is 3.19. The third kappa shape index (κ3) is 3.72. The Balaban J connectivity index is 2.04. The summed E-state index contributed by atoms with van der Waals surface area (Å²) in [7, 11) is 0. The molecule has 0 radical (unpaired) electrons. The van der Waals surface area contributed by atoms with Gasteiger partial charge in [0.15, 0.2) is 0 Å². The number of aromatic nitrogens is 1. The average molecular weight is 315 g/mol. The molecule has 0 fully saturated rings. The van der Waals surface area contributed by atoms with E-state index in [0.717, 1.165) is 22.7 Å². The maximum absolute atomic E-state index is 10.3. The van der Waals surface area contributed by atoms with Crippen molar-refractivity contribution in [2.24, 2.45) is 0 Å². The first-order valence-corrected chi connectivity index (χ1v) is 8.22. The topological polar surface area (TPSA) is 68.9 Å². The summed E-state index contributed by atoms with van der Waals surface area (Å²) in [5, 5.41) is 25.7. The zero-order valence-electron chi connectivity index (χ0n) is 13.1. The van der Waals surface area contributed by atoms with Gasteiger partial charge >= 0.3 is 0 Å². The van der Waals surface area contributed by atoms with E-state index in [-0.39, 0.29) is 5.54 Å². The van der Waals surface area contributed by atoms with Gasteiger partial charge in [-0.25, -0.2) is 4.98 Å². The number of thiazole rings is 1. The van der Waals surface area contributed by atoms with Crippen molar-refractivity contribution in [2.45, 2.75) is 38.8 Å². The Kier molecular flexibility index (Phi) is 5.30. The quantitative estimate of drug-likeness (QED) is 0.858. The van der Waals surface area contributed by atoms with Crippen LogP contribution < -0.4 is 5.32 Å². The van der Waals surface area contributed by atoms with E-state index in [1.807, 2.05) is 12.3 Å². The van der Waals surface area contributed by atoms with Crippen LogP contribution in [-0.2, 0) is 5.54 Å². The summed E-state index contributed by atoms with van der Waals surface area (Å²) in [6.45, 7) is 6.64. The summed E-state index contributed by atoms with van der Waals surface area (Å²) in [6, 6.07) is 9.11. The Bertz CT molecular complexity index is 659. The molecule has 0 aliphatic heterocycles. The van der Waals surface area contributed by atoms with Gasteiger partial charge in [0.05, 0.1) is 23.3 Å². The molecule has 0 amide bonds. The van der Waals surface area contributed by atoms with Crippen molar-refractivity contribution < 1.29 is 5.11 Å². The van der Waals surface area contributed by atoms with Gasteiger partial charge < -0.3 is 10.4 Å². The number of nitrogens with zero attached hydrogens (tertiary/aromatic N) is 2. The summed E-state index contributed by atoms with van der Waals surface area (Å²) < 4.78 is 0. The molecule has 0 aliphatic carbocycles. The largest absolute Gasteiger partial charge is 0.387 e. The van der Waals surface area contributed by atoms with Crippen molar-refractivity contribution in [3.63, 3.8) is 0 Å². The molecule has 2 unspecified atom stereocenters. The minimum Gasteiger partial charge on any atom is -0.387 e. The third-order valence-electron chi connectivity index (χ3n) is 3.91. The predicted molar refractivity (Wildman–Crippen MR) is 88.6 cm³/mol. The average Bonchev–Trinajstić information content (AvgIpc) is 2.99. The summed E-state index contributed by atoms with van der Waals surface area (Å²) in [6.07, 6.45) is 0.278. The number of nitrogens with one attached hydrogen (secondary N) is 1. The van der Waals surface area contributed by atoms with Crippen molar-refractivity contribution in [2.75, 3.05) is 6.54 Å². The SMILES string of the molecule is CCC(C)(NCC(O)c1ccc(C#N)cc1)c1nc(C)cs1. The zero-order valence-corrected chi connectivity index (χ0v) is 13.9. The number of aliphatic hydroxyl groups is 1. The molecule has 2 N–H and O–H groups in total. The molecular formula is C17H21N3OS. The molecular weight excluding hydrogens is 294 g/mol. The van der Waals surface area contributed by atoms with Crippen LogP contribution in [0.4, 0.5) is 0 Å². The third-order valence-corrected chi connectivity index (χ3v) is 5.13. The Labute approximate surface area is 135 Å². The van der Waals surface area contributed by atoms with E-state index in [4.69, 9.17) is 5.26 Å². The van der Waals surface area contributed by atoms with Crippen LogP contribution >= 0.6 is 11.3 Å². The molecule has 2 atom stereocenters. The van der Waals surface area contributed by atoms with Crippen LogP contribution in [0, 0.1) is 18.3 Å². The fourth-order valence-electron chi connectivity index (χ4n) is 2.18. The number of aryl methyl sites for hydroxylation is 1. The van der Waals surface area contributed by atoms with Crippen molar-refractivity contribution in [1.82, 2.24) is 10.3 Å². The first kappa shape index (κ1) is 16.6. The standard InChI is InChI=1S/C17H21N3OS/c1-4-17(3,16-20-12(2)11-22-16)19-10-15(21)14-7-5-13(9-18)6-8-14/h5-8,11,15,19,21H,4,10H2,1-3H3. The van der Waals surface area contributed by atoms with Gasteiger partial charge in [-0.1, -0.05) is 19.1 Å². The van der Waals surface area contributed by atoms with Gasteiger partial charge in [-0.05, 0) is 38.0 Å². The van der Waals surface area contributed by atoms with Gasteiger partial charge in [0.2, 0.25) is 0 Å². The molecule has 0 bridgehead atoms. The number of aliphatic hydroxyl groups excluding tert-OH is 1. The Morgan fingerprint density at radius 3 is 2.59 bits per heavy atom. The van der Waals surface area contributed by atoms with Gasteiger partial charge in [-0.2, -0.15) is 5.26 Å². The minimum atomic E-state index is -0.611. The van der Waals surface area contributed by atoms with Gasteiger partial charge in [0.1, 0.15) is 5.01 Å². The molecule has 0 aliphatic rings. The van der Waals surface area contributed by atoms with Crippen LogP contribution in [0.3, 0.4) is 0 Å². The van der Waals surface area contributed by atoms with Crippen molar-refractivity contribution in [3.8, 4) is 6.07 Å². The molecule has 0 spiro atoms. The van der Waals surface area contributed by atoms with Crippen LogP contribution in [0.5, 0.6) is 0 Å². The van der Waals surface area contributed by atoms with Crippen molar-refractivity contribution >= 4 is 11.3 Å². The van der Waals surface area contributed by atoms with Gasteiger partial charge in [0.25, 0.3) is 0 Å². The summed E-state index contributed by atoms with van der Waals surface area (Å²) in [5.74, 6) is 0. The second-order valence-corrected chi connectivity index (χ2v) is 6.47. The predicted octanol–water partition coefficient (Wildman–Crippen LogP) is 3.27. The van der Waals surface area contributed by atoms with E-state index in [2.05, 4.69) is 30.2 Å². The molecule has 5 heteroatoms. The second-order valence-electron chi connectivity index (χ2n) is 5.61. The number of hydrogen-bond donors (Lipinski definition) is 2. The highest BCUT2D eigenvalue weighted by molar-refractivity contribution is 7.09. The lowest BCUT2D eigenvalue weighted by Gasteiger charge is -2.29. The molecule has 0 saturated carbocycles. The van der Waals surface area contributed by atoms with Gasteiger partial charge in [0, 0.05) is 17.6 Å². The first-order valence-electron chi connectivity index (χ1n) is 7.34. The summed E-state index contributed by atoms with van der Waals surface area (Å²) in [4.78, 5) is 4.57. The fraction of sp³-hybridized carbons (Fsp3) is 0.412. The molecule has 1 heterocycles. The lowest BCUT2D eigenvalue weighted by Crippen LogP contribution is -2.41. The van der Waals surface area contributed by atoms with E-state index in [9.17, 15) is 5.11 Å². The number of nitriles is 1. The molecule has 4 nitrogen and oxygen atoms in total. The van der Waals surface area contributed by atoms with Crippen LogP contribution in [-0.4, -0.2) is 16.6 Å². The van der Waals surface area contributed by atoms with E-state index in [0.29, 0.717) is 12.1 Å². The summed E-state index contributed by atoms with van der Waals surface area (Å²) in [5.41, 5.74) is 2.18. The van der Waals surface area contributed by atoms with E-state index in [1.165, 1.54) is 0 Å². The highest BCUT2D eigenvalue weighted by Crippen LogP contribution is 2.28. The lowest BCUT2D eigenvalue weighted by molar-refractivity contribution is 0.157. The van der Waals surface area contributed by atoms with Crippen LogP contribution in [0.25, 0.3) is 0 Å². The van der Waals surface area contributed by atoms with Crippen molar-refractivity contribution in [1.29, 1.82) is 5.26 Å². The van der Waals surface area contributed by atoms with E-state index in [1.54, 1.807) is 35.6 Å². The highest BCUT2D eigenvalue weighted by atomic mass is 32.1. The van der Waals surface area contributed by atoms with Crippen LogP contribution in [0.2, 0.25) is 0 Å². The normalized spacial score (nSPS) is 15.0. The van der Waals surface area contributed by atoms with E-state index < -0.39 is 6.10 Å². The van der Waals surface area contributed by atoms with Gasteiger partial charge in [-0.15, -0.1) is 11.3 Å². The molecule has 1 aromatic heterocycles. The molecule has 2 aromatic rings. The number of rotatable bonds is 6. The minimum absolute atomic E-state index is 0.244. The van der Waals surface area contributed by atoms with Crippen LogP contribution in [0.1, 0.15) is 48.2 Å². The van der Waals surface area contributed by atoms with E-state index >= 15 is 0 Å². The number of hydrogen-bond acceptors (Lipinski definition) is 5. The molecule has 1 aromatic carbocycles. The molecule has 2 rings (SSSR count). The van der Waals surface area contributed by atoms with Gasteiger partial charge in [-0.3, -0.25) is 0 Å². The Morgan fingerprint density at radius 1 is 1.41 bits per heavy atom. The monoisotopic (exact) mass is 315 g/mol. The molecule has 22 heavy (non-hydrogen) atoms. The highest BCUT2D eigenvalue weighted by Gasteiger charge is 2.28. The molecule has 116 valence electrons.